The van der Waals surface area contributed by atoms with Crippen LogP contribution in [0.4, 0.5) is 0 Å². The van der Waals surface area contributed by atoms with E-state index in [1.165, 1.54) is 16.3 Å². The van der Waals surface area contributed by atoms with Crippen molar-refractivity contribution < 1.29 is 4.79 Å². The van der Waals surface area contributed by atoms with Crippen LogP contribution in [-0.2, 0) is 17.8 Å². The number of aromatic nitrogens is 2. The lowest BCUT2D eigenvalue weighted by molar-refractivity contribution is -0.133. The fourth-order valence-electron chi connectivity index (χ4n) is 4.38. The third kappa shape index (κ3) is 5.08. The van der Waals surface area contributed by atoms with E-state index in [2.05, 4.69) is 57.3 Å². The highest BCUT2D eigenvalue weighted by atomic mass is 32.2. The average molecular weight is 435 g/mol. The molecule has 6 heteroatoms. The summed E-state index contributed by atoms with van der Waals surface area (Å²) in [5, 5.41) is 3.41. The number of fused-ring (bicyclic) bond motifs is 1. The Balaban J connectivity index is 1.31. The normalized spacial score (nSPS) is 14.9. The Hall–Kier alpha value is -2.44. The maximum atomic E-state index is 12.8. The van der Waals surface area contributed by atoms with E-state index in [1.807, 2.05) is 25.0 Å². The van der Waals surface area contributed by atoms with E-state index < -0.39 is 0 Å². The molecule has 1 aliphatic rings. The fourth-order valence-corrected chi connectivity index (χ4v) is 4.83. The van der Waals surface area contributed by atoms with Gasteiger partial charge in [-0.3, -0.25) is 9.69 Å². The van der Waals surface area contributed by atoms with Crippen LogP contribution in [0.2, 0.25) is 0 Å². The summed E-state index contributed by atoms with van der Waals surface area (Å²) in [4.78, 5) is 26.4. The Morgan fingerprint density at radius 3 is 2.35 bits per heavy atom. The zero-order chi connectivity index (χ0) is 21.8. The summed E-state index contributed by atoms with van der Waals surface area (Å²) in [5.41, 5.74) is 4.45. The van der Waals surface area contributed by atoms with E-state index in [0.29, 0.717) is 12.8 Å². The minimum Gasteiger partial charge on any atom is -0.340 e. The Morgan fingerprint density at radius 2 is 1.65 bits per heavy atom. The van der Waals surface area contributed by atoms with Gasteiger partial charge in [-0.1, -0.05) is 54.2 Å². The Kier molecular flexibility index (Phi) is 6.88. The van der Waals surface area contributed by atoms with Crippen molar-refractivity contribution in [1.82, 2.24) is 19.8 Å². The molecule has 1 saturated heterocycles. The third-order valence-electron chi connectivity index (χ3n) is 6.17. The number of amides is 1. The second-order valence-corrected chi connectivity index (χ2v) is 8.93. The molecule has 162 valence electrons. The van der Waals surface area contributed by atoms with Crippen LogP contribution in [0.3, 0.4) is 0 Å². The molecule has 0 N–H and O–H groups in total. The Morgan fingerprint density at radius 1 is 0.968 bits per heavy atom. The average Bonchev–Trinajstić information content (AvgIpc) is 2.79. The standard InChI is InChI=1S/C25H30N4OS/c1-18-22(19(2)27-25(26-18)31-3)11-12-24(30)29-15-13-28(14-16-29)17-21-9-6-8-20-7-4-5-10-23(20)21/h4-10H,11-17H2,1-3H3. The van der Waals surface area contributed by atoms with Crippen LogP contribution in [0.15, 0.2) is 47.6 Å². The van der Waals surface area contributed by atoms with Crippen LogP contribution in [0, 0.1) is 13.8 Å². The van der Waals surface area contributed by atoms with Crippen molar-refractivity contribution in [1.29, 1.82) is 0 Å². The maximum absolute atomic E-state index is 12.8. The van der Waals surface area contributed by atoms with Crippen molar-refractivity contribution in [3.63, 3.8) is 0 Å². The van der Waals surface area contributed by atoms with Gasteiger partial charge in [-0.2, -0.15) is 0 Å². The molecule has 2 heterocycles. The quantitative estimate of drug-likeness (QED) is 0.429. The lowest BCUT2D eigenvalue weighted by Crippen LogP contribution is -2.48. The highest BCUT2D eigenvalue weighted by Gasteiger charge is 2.22. The number of aryl methyl sites for hydroxylation is 2. The molecule has 1 amide bonds. The predicted molar refractivity (Wildman–Crippen MR) is 127 cm³/mol. The highest BCUT2D eigenvalue weighted by Crippen LogP contribution is 2.21. The van der Waals surface area contributed by atoms with E-state index >= 15 is 0 Å². The molecule has 2 aromatic carbocycles. The lowest BCUT2D eigenvalue weighted by Gasteiger charge is -2.35. The summed E-state index contributed by atoms with van der Waals surface area (Å²) in [5.74, 6) is 0.234. The first-order valence-corrected chi connectivity index (χ1v) is 12.1. The van der Waals surface area contributed by atoms with Crippen LogP contribution in [-0.4, -0.2) is 58.1 Å². The molecule has 0 aliphatic carbocycles. The van der Waals surface area contributed by atoms with Crippen molar-refractivity contribution in [2.75, 3.05) is 32.4 Å². The molecule has 3 aromatic rings. The van der Waals surface area contributed by atoms with Crippen LogP contribution < -0.4 is 0 Å². The van der Waals surface area contributed by atoms with E-state index in [0.717, 1.165) is 54.8 Å². The molecule has 1 aromatic heterocycles. The van der Waals surface area contributed by atoms with Crippen LogP contribution in [0.5, 0.6) is 0 Å². The maximum Gasteiger partial charge on any atom is 0.222 e. The summed E-state index contributed by atoms with van der Waals surface area (Å²) in [6.45, 7) is 8.38. The number of hydrogen-bond acceptors (Lipinski definition) is 5. The smallest absolute Gasteiger partial charge is 0.222 e. The van der Waals surface area contributed by atoms with E-state index in [4.69, 9.17) is 0 Å². The first-order chi connectivity index (χ1) is 15.0. The first-order valence-electron chi connectivity index (χ1n) is 10.9. The molecule has 1 aliphatic heterocycles. The molecule has 31 heavy (non-hydrogen) atoms. The number of carbonyl (C=O) groups is 1. The van der Waals surface area contributed by atoms with Gasteiger partial charge in [0, 0.05) is 50.5 Å². The molecule has 0 radical (unpaired) electrons. The minimum absolute atomic E-state index is 0.234. The van der Waals surface area contributed by atoms with E-state index in [9.17, 15) is 4.79 Å². The largest absolute Gasteiger partial charge is 0.340 e. The first kappa shape index (κ1) is 21.8. The zero-order valence-electron chi connectivity index (χ0n) is 18.6. The summed E-state index contributed by atoms with van der Waals surface area (Å²) >= 11 is 1.55. The molecular formula is C25H30N4OS. The Labute approximate surface area is 188 Å². The second kappa shape index (κ2) is 9.79. The monoisotopic (exact) mass is 434 g/mol. The van der Waals surface area contributed by atoms with Crippen LogP contribution >= 0.6 is 11.8 Å². The van der Waals surface area contributed by atoms with Gasteiger partial charge in [0.2, 0.25) is 5.91 Å². The number of rotatable bonds is 6. The summed E-state index contributed by atoms with van der Waals surface area (Å²) in [6.07, 6.45) is 3.21. The lowest BCUT2D eigenvalue weighted by atomic mass is 10.0. The van der Waals surface area contributed by atoms with E-state index in [-0.39, 0.29) is 5.91 Å². The third-order valence-corrected chi connectivity index (χ3v) is 6.72. The Bertz CT molecular complexity index is 1050. The van der Waals surface area contributed by atoms with Gasteiger partial charge >= 0.3 is 0 Å². The SMILES string of the molecule is CSc1nc(C)c(CCC(=O)N2CCN(Cc3cccc4ccccc34)CC2)c(C)n1. The van der Waals surface area contributed by atoms with Gasteiger partial charge in [0.25, 0.3) is 0 Å². The number of thioether (sulfide) groups is 1. The number of nitrogens with zero attached hydrogens (tertiary/aromatic N) is 4. The van der Waals surface area contributed by atoms with Gasteiger partial charge in [-0.15, -0.1) is 0 Å². The molecule has 5 nitrogen and oxygen atoms in total. The molecule has 4 rings (SSSR count). The van der Waals surface area contributed by atoms with Crippen molar-refractivity contribution >= 4 is 28.4 Å². The molecule has 1 fully saturated rings. The van der Waals surface area contributed by atoms with Gasteiger partial charge < -0.3 is 4.90 Å². The van der Waals surface area contributed by atoms with Crippen molar-refractivity contribution in [3.05, 3.63) is 65.0 Å². The van der Waals surface area contributed by atoms with Gasteiger partial charge in [-0.05, 0) is 48.4 Å². The van der Waals surface area contributed by atoms with Gasteiger partial charge in [0.05, 0.1) is 0 Å². The van der Waals surface area contributed by atoms with Crippen LogP contribution in [0.1, 0.15) is 28.9 Å². The predicted octanol–water partition coefficient (Wildman–Crippen LogP) is 4.25. The summed E-state index contributed by atoms with van der Waals surface area (Å²) in [7, 11) is 0. The zero-order valence-corrected chi connectivity index (χ0v) is 19.4. The summed E-state index contributed by atoms with van der Waals surface area (Å²) < 4.78 is 0. The van der Waals surface area contributed by atoms with E-state index in [1.54, 1.807) is 11.8 Å². The van der Waals surface area contributed by atoms with Crippen molar-refractivity contribution in [3.8, 4) is 0 Å². The highest BCUT2D eigenvalue weighted by molar-refractivity contribution is 7.98. The molecule has 0 saturated carbocycles. The number of carbonyl (C=O) groups excluding carboxylic acids is 1. The molecule has 0 unspecified atom stereocenters. The molecule has 0 atom stereocenters. The summed E-state index contributed by atoms with van der Waals surface area (Å²) in [6, 6.07) is 15.1. The van der Waals surface area contributed by atoms with Gasteiger partial charge in [0.15, 0.2) is 5.16 Å². The minimum atomic E-state index is 0.234. The number of benzene rings is 2. The molecule has 0 bridgehead atoms. The number of piperazine rings is 1. The molecular weight excluding hydrogens is 404 g/mol. The van der Waals surface area contributed by atoms with Gasteiger partial charge in [0.1, 0.15) is 0 Å². The number of hydrogen-bond donors (Lipinski definition) is 0. The second-order valence-electron chi connectivity index (χ2n) is 8.15. The van der Waals surface area contributed by atoms with Gasteiger partial charge in [-0.25, -0.2) is 9.97 Å². The van der Waals surface area contributed by atoms with Crippen molar-refractivity contribution in [2.24, 2.45) is 0 Å². The fraction of sp³-hybridized carbons (Fsp3) is 0.400. The molecule has 0 spiro atoms. The van der Waals surface area contributed by atoms with Crippen LogP contribution in [0.25, 0.3) is 10.8 Å². The topological polar surface area (TPSA) is 49.3 Å². The van der Waals surface area contributed by atoms with Crippen molar-refractivity contribution in [2.45, 2.75) is 38.4 Å².